The van der Waals surface area contributed by atoms with Crippen LogP contribution in [0.5, 0.6) is 0 Å². The molecule has 1 aliphatic heterocycles. The summed E-state index contributed by atoms with van der Waals surface area (Å²) in [5.41, 5.74) is -0.00953. The van der Waals surface area contributed by atoms with Gasteiger partial charge in [-0.25, -0.2) is 4.79 Å². The van der Waals surface area contributed by atoms with Crippen LogP contribution in [0.3, 0.4) is 0 Å². The Bertz CT molecular complexity index is 1420. The smallest absolute Gasteiger partial charge is 0.408 e. The number of Topliss-reactive ketones (excluding diaryl/α,β-unsaturated/α-hetero) is 1. The van der Waals surface area contributed by atoms with E-state index in [2.05, 4.69) is 41.7 Å². The summed E-state index contributed by atoms with van der Waals surface area (Å²) in [5.74, 6) is -3.01. The fraction of sp³-hybridized carbons (Fsp3) is 0.632. The Morgan fingerprint density at radius 2 is 1.68 bits per heavy atom. The Balaban J connectivity index is 1.43. The minimum atomic E-state index is -1.15. The number of carbonyl (C=O) groups is 6. The topological polar surface area (TPSA) is 163 Å². The van der Waals surface area contributed by atoms with Gasteiger partial charge < -0.3 is 30.9 Å². The maximum absolute atomic E-state index is 14.3. The third kappa shape index (κ3) is 9.94. The van der Waals surface area contributed by atoms with Crippen molar-refractivity contribution in [1.29, 1.82) is 0 Å². The lowest BCUT2D eigenvalue weighted by atomic mass is 9.83. The molecule has 4 N–H and O–H groups in total. The molecule has 0 radical (unpaired) electrons. The largest absolute Gasteiger partial charge is 0.444 e. The van der Waals surface area contributed by atoms with Gasteiger partial charge in [0, 0.05) is 26.1 Å². The number of amides is 5. The molecule has 12 heteroatoms. The summed E-state index contributed by atoms with van der Waals surface area (Å²) in [4.78, 5) is 81.5. The monoisotopic (exact) mass is 693 g/mol. The van der Waals surface area contributed by atoms with E-state index < -0.39 is 47.4 Å². The molecule has 4 rings (SSSR count). The van der Waals surface area contributed by atoms with E-state index in [0.717, 1.165) is 37.7 Å². The first-order chi connectivity index (χ1) is 23.6. The van der Waals surface area contributed by atoms with Crippen molar-refractivity contribution in [3.63, 3.8) is 0 Å². The van der Waals surface area contributed by atoms with Crippen molar-refractivity contribution in [2.45, 2.75) is 116 Å². The second-order valence-corrected chi connectivity index (χ2v) is 15.5. The number of rotatable bonds is 15. The van der Waals surface area contributed by atoms with Gasteiger partial charge in [0.05, 0.1) is 6.04 Å². The zero-order chi connectivity index (χ0) is 36.6. The van der Waals surface area contributed by atoms with Crippen molar-refractivity contribution < 1.29 is 33.5 Å². The molecule has 2 aliphatic carbocycles. The molecular weight excluding hydrogens is 638 g/mol. The molecule has 3 fully saturated rings. The Kier molecular flexibility index (Phi) is 12.9. The number of hydrogen-bond donors (Lipinski definition) is 4. The number of fused-ring (bicyclic) bond motifs is 1. The van der Waals surface area contributed by atoms with Crippen molar-refractivity contribution in [1.82, 2.24) is 26.2 Å². The van der Waals surface area contributed by atoms with Crippen molar-refractivity contribution in [3.05, 3.63) is 48.6 Å². The fourth-order valence-corrected chi connectivity index (χ4v) is 7.51. The minimum Gasteiger partial charge on any atom is -0.444 e. The molecule has 12 nitrogen and oxygen atoms in total. The lowest BCUT2D eigenvalue weighted by Gasteiger charge is -2.37. The van der Waals surface area contributed by atoms with Gasteiger partial charge in [-0.05, 0) is 75.2 Å². The van der Waals surface area contributed by atoms with E-state index in [9.17, 15) is 28.8 Å². The molecule has 2 saturated carbocycles. The van der Waals surface area contributed by atoms with Gasteiger partial charge in [0.1, 0.15) is 17.7 Å². The highest BCUT2D eigenvalue weighted by atomic mass is 16.6. The Labute approximate surface area is 295 Å². The van der Waals surface area contributed by atoms with Crippen LogP contribution in [0.2, 0.25) is 0 Å². The average molecular weight is 694 g/mol. The maximum atomic E-state index is 14.3. The average Bonchev–Trinajstić information content (AvgIpc) is 3.38. The van der Waals surface area contributed by atoms with Crippen molar-refractivity contribution >= 4 is 35.5 Å². The zero-order valence-corrected chi connectivity index (χ0v) is 30.2. The molecular formula is C38H55N5O7. The van der Waals surface area contributed by atoms with Crippen LogP contribution in [0.4, 0.5) is 4.79 Å². The molecule has 1 aromatic rings. The normalized spacial score (nSPS) is 22.3. The predicted octanol–water partition coefficient (Wildman–Crippen LogP) is 3.79. The fourth-order valence-electron chi connectivity index (χ4n) is 7.51. The highest BCUT2D eigenvalue weighted by Crippen LogP contribution is 2.65. The van der Waals surface area contributed by atoms with Crippen LogP contribution < -0.4 is 21.3 Å². The third-order valence-corrected chi connectivity index (χ3v) is 10.3. The summed E-state index contributed by atoms with van der Waals surface area (Å²) in [6, 6.07) is 6.53. The van der Waals surface area contributed by atoms with Gasteiger partial charge in [0.25, 0.3) is 5.91 Å². The van der Waals surface area contributed by atoms with E-state index in [1.165, 1.54) is 0 Å². The molecule has 1 saturated heterocycles. The van der Waals surface area contributed by atoms with Crippen molar-refractivity contribution in [3.8, 4) is 0 Å². The van der Waals surface area contributed by atoms with Crippen LogP contribution in [-0.2, 0) is 35.3 Å². The number of nitrogens with one attached hydrogen (secondary N) is 4. The van der Waals surface area contributed by atoms with E-state index in [-0.39, 0.29) is 54.4 Å². The number of alkyl carbamates (subject to hydrolysis) is 1. The predicted molar refractivity (Wildman–Crippen MR) is 188 cm³/mol. The number of allylic oxidation sites excluding steroid dienone is 1. The van der Waals surface area contributed by atoms with Gasteiger partial charge in [0.15, 0.2) is 0 Å². The van der Waals surface area contributed by atoms with Crippen molar-refractivity contribution in [2.75, 3.05) is 13.1 Å². The minimum absolute atomic E-state index is 0.0215. The van der Waals surface area contributed by atoms with Gasteiger partial charge in [-0.15, -0.1) is 6.58 Å². The van der Waals surface area contributed by atoms with Gasteiger partial charge in [-0.1, -0.05) is 69.5 Å². The van der Waals surface area contributed by atoms with E-state index in [4.69, 9.17) is 4.74 Å². The molecule has 2 unspecified atom stereocenters. The van der Waals surface area contributed by atoms with E-state index in [1.54, 1.807) is 31.7 Å². The standard InChI is InChI=1S/C38H55N5O7/c1-7-8-19-27(32(45)34(47)39-21-20-28(44)40-22-24-15-11-9-12-16-24)41-33(46)31-29-26(38(29,5)6)23-43(31)35(48)30(25-17-13-10-14-18-25)42-36(49)50-37(2,3)4/h7,9,11-12,15-16,25-27,29-31H,1,8,10,13-14,17-23H2,2-6H3,(H,39,47)(H,40,44)(H,41,46)(H,42,49)/t26?,27-,29?,30+,31+/m1/s1. The number of nitrogens with zero attached hydrogens (tertiary/aromatic N) is 1. The second-order valence-electron chi connectivity index (χ2n) is 15.5. The number of piperidine rings is 1. The molecule has 50 heavy (non-hydrogen) atoms. The molecule has 3 aliphatic rings. The SMILES string of the molecule is C=CCC[C@@H](NC(=O)[C@@H]1C2C(CN1C(=O)[C@@H](NC(=O)OC(C)(C)C)C1CCCCC1)C2(C)C)C(=O)C(=O)NCCC(=O)NCc1ccccc1. The summed E-state index contributed by atoms with van der Waals surface area (Å²) in [6.07, 6.45) is 5.90. The number of hydrogen-bond acceptors (Lipinski definition) is 7. The first-order valence-electron chi connectivity index (χ1n) is 18.0. The number of carbonyl (C=O) groups excluding carboxylic acids is 6. The van der Waals surface area contributed by atoms with Crippen LogP contribution in [0.15, 0.2) is 43.0 Å². The maximum Gasteiger partial charge on any atom is 0.408 e. The van der Waals surface area contributed by atoms with E-state index >= 15 is 0 Å². The Morgan fingerprint density at radius 3 is 2.32 bits per heavy atom. The number of likely N-dealkylation sites (tertiary alicyclic amines) is 1. The van der Waals surface area contributed by atoms with Gasteiger partial charge >= 0.3 is 6.09 Å². The molecule has 274 valence electrons. The molecule has 0 aromatic heterocycles. The first kappa shape index (κ1) is 38.6. The Hall–Kier alpha value is -4.22. The zero-order valence-electron chi connectivity index (χ0n) is 30.2. The van der Waals surface area contributed by atoms with Crippen LogP contribution in [0, 0.1) is 23.2 Å². The molecule has 0 spiro atoms. The van der Waals surface area contributed by atoms with Gasteiger partial charge in [-0.3, -0.25) is 24.0 Å². The number of ether oxygens (including phenoxy) is 1. The van der Waals surface area contributed by atoms with Gasteiger partial charge in [-0.2, -0.15) is 0 Å². The van der Waals surface area contributed by atoms with Crippen LogP contribution in [0.1, 0.15) is 91.5 Å². The molecule has 5 amide bonds. The quantitative estimate of drug-likeness (QED) is 0.161. The number of ketones is 1. The summed E-state index contributed by atoms with van der Waals surface area (Å²) in [5, 5.41) is 10.9. The summed E-state index contributed by atoms with van der Waals surface area (Å²) < 4.78 is 5.51. The molecule has 0 bridgehead atoms. The van der Waals surface area contributed by atoms with E-state index in [1.807, 2.05) is 30.3 Å². The van der Waals surface area contributed by atoms with Crippen LogP contribution in [-0.4, -0.2) is 77.2 Å². The van der Waals surface area contributed by atoms with Crippen LogP contribution in [0.25, 0.3) is 0 Å². The lowest BCUT2D eigenvalue weighted by molar-refractivity contribution is -0.145. The highest BCUT2D eigenvalue weighted by molar-refractivity contribution is 6.38. The van der Waals surface area contributed by atoms with Gasteiger partial charge in [0.2, 0.25) is 23.5 Å². The second kappa shape index (κ2) is 16.7. The number of benzene rings is 1. The third-order valence-electron chi connectivity index (χ3n) is 10.3. The summed E-state index contributed by atoms with van der Waals surface area (Å²) in [7, 11) is 0. The molecule has 1 heterocycles. The highest BCUT2D eigenvalue weighted by Gasteiger charge is 2.69. The summed E-state index contributed by atoms with van der Waals surface area (Å²) in [6.45, 7) is 13.8. The van der Waals surface area contributed by atoms with Crippen LogP contribution >= 0.6 is 0 Å². The molecule has 5 atom stereocenters. The Morgan fingerprint density at radius 1 is 1.00 bits per heavy atom. The lowest BCUT2D eigenvalue weighted by Crippen LogP contribution is -2.59. The molecule has 1 aromatic carbocycles. The first-order valence-corrected chi connectivity index (χ1v) is 18.0. The summed E-state index contributed by atoms with van der Waals surface area (Å²) >= 11 is 0. The van der Waals surface area contributed by atoms with E-state index in [0.29, 0.717) is 19.5 Å². The van der Waals surface area contributed by atoms with Crippen molar-refractivity contribution in [2.24, 2.45) is 23.2 Å².